The van der Waals surface area contributed by atoms with Crippen LogP contribution in [0.25, 0.3) is 0 Å². The molecule has 7 nitrogen and oxygen atoms in total. The van der Waals surface area contributed by atoms with Gasteiger partial charge in [-0.25, -0.2) is 8.42 Å². The van der Waals surface area contributed by atoms with Crippen molar-refractivity contribution in [2.75, 3.05) is 19.7 Å². The Bertz CT molecular complexity index is 912. The molecule has 2 saturated heterocycles. The largest absolute Gasteiger partial charge is 0.455 e. The number of hydrogen-bond acceptors (Lipinski definition) is 5. The van der Waals surface area contributed by atoms with Crippen molar-refractivity contribution in [2.45, 2.75) is 76.8 Å². The number of nitrogens with zero attached hydrogens (tertiary/aromatic N) is 2. The van der Waals surface area contributed by atoms with Gasteiger partial charge in [-0.15, -0.1) is 0 Å². The fourth-order valence-electron chi connectivity index (χ4n) is 4.59. The molecule has 1 aromatic carbocycles. The van der Waals surface area contributed by atoms with Gasteiger partial charge in [-0.1, -0.05) is 6.07 Å². The zero-order chi connectivity index (χ0) is 22.8. The molecule has 0 saturated carbocycles. The zero-order valence-electron chi connectivity index (χ0n) is 19.0. The SMILES string of the molecule is Cc1ccc(S(=O)(=O)N2CCC(C(=O)OCC(=O)N3[C@H](C)CCC[C@H]3C)CC2)cc1C. The summed E-state index contributed by atoms with van der Waals surface area (Å²) in [5.41, 5.74) is 1.98. The number of rotatable bonds is 5. The molecule has 1 amide bonds. The molecule has 2 atom stereocenters. The van der Waals surface area contributed by atoms with Gasteiger partial charge in [0.15, 0.2) is 6.61 Å². The molecule has 172 valence electrons. The topological polar surface area (TPSA) is 84.0 Å². The van der Waals surface area contributed by atoms with Crippen LogP contribution in [0.5, 0.6) is 0 Å². The van der Waals surface area contributed by atoms with Gasteiger partial charge in [0.2, 0.25) is 10.0 Å². The van der Waals surface area contributed by atoms with Gasteiger partial charge < -0.3 is 9.64 Å². The van der Waals surface area contributed by atoms with E-state index < -0.39 is 16.0 Å². The van der Waals surface area contributed by atoms with Crippen LogP contribution in [0.15, 0.2) is 23.1 Å². The molecule has 0 radical (unpaired) electrons. The van der Waals surface area contributed by atoms with Crippen molar-refractivity contribution in [3.05, 3.63) is 29.3 Å². The molecule has 2 aliphatic heterocycles. The third-order valence-corrected chi connectivity index (χ3v) is 8.62. The highest BCUT2D eigenvalue weighted by Crippen LogP contribution is 2.26. The first kappa shape index (κ1) is 23.7. The van der Waals surface area contributed by atoms with Crippen molar-refractivity contribution in [2.24, 2.45) is 5.92 Å². The van der Waals surface area contributed by atoms with E-state index in [1.807, 2.05) is 38.7 Å². The molecule has 1 aromatic rings. The lowest BCUT2D eigenvalue weighted by molar-refractivity contribution is -0.158. The van der Waals surface area contributed by atoms with Crippen molar-refractivity contribution in [3.63, 3.8) is 0 Å². The maximum absolute atomic E-state index is 12.9. The van der Waals surface area contributed by atoms with Gasteiger partial charge in [0.1, 0.15) is 0 Å². The number of aryl methyl sites for hydroxylation is 2. The molecule has 3 rings (SSSR count). The van der Waals surface area contributed by atoms with E-state index in [0.29, 0.717) is 12.8 Å². The van der Waals surface area contributed by atoms with E-state index in [0.717, 1.165) is 30.4 Å². The van der Waals surface area contributed by atoms with Gasteiger partial charge in [0.25, 0.3) is 5.91 Å². The van der Waals surface area contributed by atoms with Crippen molar-refractivity contribution in [3.8, 4) is 0 Å². The summed E-state index contributed by atoms with van der Waals surface area (Å²) < 4.78 is 32.6. The number of benzene rings is 1. The van der Waals surface area contributed by atoms with Gasteiger partial charge in [-0.3, -0.25) is 9.59 Å². The van der Waals surface area contributed by atoms with Crippen LogP contribution in [0.3, 0.4) is 0 Å². The van der Waals surface area contributed by atoms with E-state index in [-0.39, 0.29) is 48.5 Å². The number of ether oxygens (including phenoxy) is 1. The van der Waals surface area contributed by atoms with Gasteiger partial charge in [0, 0.05) is 25.2 Å². The van der Waals surface area contributed by atoms with Crippen LogP contribution in [-0.4, -0.2) is 61.3 Å². The molecule has 0 aromatic heterocycles. The quantitative estimate of drug-likeness (QED) is 0.644. The number of amides is 1. The summed E-state index contributed by atoms with van der Waals surface area (Å²) >= 11 is 0. The molecule has 0 spiro atoms. The second-order valence-corrected chi connectivity index (χ2v) is 10.9. The Balaban J connectivity index is 1.52. The predicted molar refractivity (Wildman–Crippen MR) is 118 cm³/mol. The van der Waals surface area contributed by atoms with Crippen LogP contribution in [0.2, 0.25) is 0 Å². The molecule has 0 bridgehead atoms. The molecule has 0 unspecified atom stereocenters. The number of piperidine rings is 2. The van der Waals surface area contributed by atoms with Crippen molar-refractivity contribution in [1.82, 2.24) is 9.21 Å². The lowest BCUT2D eigenvalue weighted by Crippen LogP contribution is -2.49. The highest BCUT2D eigenvalue weighted by Gasteiger charge is 2.34. The van der Waals surface area contributed by atoms with Gasteiger partial charge in [-0.05, 0) is 83.1 Å². The Morgan fingerprint density at radius 1 is 1.00 bits per heavy atom. The Morgan fingerprint density at radius 3 is 2.19 bits per heavy atom. The summed E-state index contributed by atoms with van der Waals surface area (Å²) in [5, 5.41) is 0. The maximum atomic E-state index is 12.9. The first-order valence-electron chi connectivity index (χ1n) is 11.2. The molecular formula is C23H34N2O5S. The van der Waals surface area contributed by atoms with E-state index in [1.165, 1.54) is 4.31 Å². The van der Waals surface area contributed by atoms with Crippen LogP contribution in [0.4, 0.5) is 0 Å². The highest BCUT2D eigenvalue weighted by molar-refractivity contribution is 7.89. The molecule has 0 aliphatic carbocycles. The Kier molecular flexibility index (Phi) is 7.42. The zero-order valence-corrected chi connectivity index (χ0v) is 19.8. The summed E-state index contributed by atoms with van der Waals surface area (Å²) in [7, 11) is -3.58. The normalized spacial score (nSPS) is 23.5. The van der Waals surface area contributed by atoms with Crippen molar-refractivity contribution in [1.29, 1.82) is 0 Å². The summed E-state index contributed by atoms with van der Waals surface area (Å²) in [6.45, 7) is 8.19. The first-order valence-corrected chi connectivity index (χ1v) is 12.6. The second kappa shape index (κ2) is 9.69. The van der Waals surface area contributed by atoms with E-state index in [9.17, 15) is 18.0 Å². The highest BCUT2D eigenvalue weighted by atomic mass is 32.2. The maximum Gasteiger partial charge on any atom is 0.309 e. The van der Waals surface area contributed by atoms with Crippen LogP contribution < -0.4 is 0 Å². The minimum absolute atomic E-state index is 0.150. The molecule has 2 fully saturated rings. The van der Waals surface area contributed by atoms with Crippen LogP contribution in [0.1, 0.15) is 57.1 Å². The van der Waals surface area contributed by atoms with Gasteiger partial charge in [-0.2, -0.15) is 4.31 Å². The van der Waals surface area contributed by atoms with Gasteiger partial charge in [0.05, 0.1) is 10.8 Å². The second-order valence-electron chi connectivity index (χ2n) is 8.96. The fraction of sp³-hybridized carbons (Fsp3) is 0.652. The van der Waals surface area contributed by atoms with Crippen molar-refractivity contribution >= 4 is 21.9 Å². The van der Waals surface area contributed by atoms with Gasteiger partial charge >= 0.3 is 5.97 Å². The van der Waals surface area contributed by atoms with E-state index in [1.54, 1.807) is 12.1 Å². The molecule has 2 aliphatic rings. The Hall–Kier alpha value is -1.93. The smallest absolute Gasteiger partial charge is 0.309 e. The van der Waals surface area contributed by atoms with Crippen LogP contribution in [0, 0.1) is 19.8 Å². The third-order valence-electron chi connectivity index (χ3n) is 6.72. The number of likely N-dealkylation sites (tertiary alicyclic amines) is 1. The minimum atomic E-state index is -3.58. The summed E-state index contributed by atoms with van der Waals surface area (Å²) in [6.07, 6.45) is 3.84. The molecule has 2 heterocycles. The van der Waals surface area contributed by atoms with E-state index in [2.05, 4.69) is 0 Å². The lowest BCUT2D eigenvalue weighted by Gasteiger charge is -2.39. The number of esters is 1. The average Bonchev–Trinajstić information content (AvgIpc) is 2.73. The molecular weight excluding hydrogens is 416 g/mol. The third kappa shape index (κ3) is 5.29. The molecule has 31 heavy (non-hydrogen) atoms. The number of carbonyl (C=O) groups excluding carboxylic acids is 2. The lowest BCUT2D eigenvalue weighted by atomic mass is 9.97. The molecule has 0 N–H and O–H groups in total. The summed E-state index contributed by atoms with van der Waals surface area (Å²) in [6, 6.07) is 5.46. The first-order chi connectivity index (χ1) is 14.6. The standard InChI is InChI=1S/C23H34N2O5S/c1-16-8-9-21(14-17(16)2)31(28,29)24-12-10-20(11-13-24)23(27)30-15-22(26)25-18(3)6-5-7-19(25)4/h8-9,14,18-20H,5-7,10-13,15H2,1-4H3/t18-,19-/m1/s1. The Morgan fingerprint density at radius 2 is 1.61 bits per heavy atom. The monoisotopic (exact) mass is 450 g/mol. The number of carbonyl (C=O) groups is 2. The van der Waals surface area contributed by atoms with E-state index >= 15 is 0 Å². The van der Waals surface area contributed by atoms with E-state index in [4.69, 9.17) is 4.74 Å². The Labute approximate surface area is 185 Å². The average molecular weight is 451 g/mol. The summed E-state index contributed by atoms with van der Waals surface area (Å²) in [4.78, 5) is 27.2. The molecule has 8 heteroatoms. The minimum Gasteiger partial charge on any atom is -0.455 e. The summed E-state index contributed by atoms with van der Waals surface area (Å²) in [5.74, 6) is -0.938. The van der Waals surface area contributed by atoms with Crippen LogP contribution in [-0.2, 0) is 24.3 Å². The number of hydrogen-bond donors (Lipinski definition) is 0. The van der Waals surface area contributed by atoms with Crippen molar-refractivity contribution < 1.29 is 22.7 Å². The number of sulfonamides is 1. The van der Waals surface area contributed by atoms with Crippen LogP contribution >= 0.6 is 0 Å². The predicted octanol–water partition coefficient (Wildman–Crippen LogP) is 3.04. The fourth-order valence-corrected chi connectivity index (χ4v) is 6.15.